The van der Waals surface area contributed by atoms with Gasteiger partial charge in [0.25, 0.3) is 0 Å². The minimum atomic E-state index is -1.69. The molecule has 0 aromatic rings. The Balaban J connectivity index is 3.98. The molecule has 0 saturated heterocycles. The molecule has 0 radical (unpaired) electrons. The van der Waals surface area contributed by atoms with E-state index in [1.165, 1.54) is 6.92 Å². The summed E-state index contributed by atoms with van der Waals surface area (Å²) in [7, 11) is 0. The molecule has 2 atom stereocenters. The van der Waals surface area contributed by atoms with Gasteiger partial charge in [0.1, 0.15) is 0 Å². The number of unbranched alkanes of at least 4 members (excludes halogenated alkanes) is 2. The molecule has 4 nitrogen and oxygen atoms in total. The Labute approximate surface area is 78.2 Å². The van der Waals surface area contributed by atoms with E-state index in [-0.39, 0.29) is 0 Å². The highest BCUT2D eigenvalue weighted by Gasteiger charge is 2.34. The van der Waals surface area contributed by atoms with Gasteiger partial charge >= 0.3 is 5.97 Å². The molecule has 3 N–H and O–H groups in total. The topological polar surface area (TPSA) is 77.8 Å². The first-order chi connectivity index (χ1) is 5.91. The summed E-state index contributed by atoms with van der Waals surface area (Å²) in [6, 6.07) is 0. The summed E-state index contributed by atoms with van der Waals surface area (Å²) in [6.07, 6.45) is 1.29. The van der Waals surface area contributed by atoms with Crippen LogP contribution in [-0.2, 0) is 4.79 Å². The minimum absolute atomic E-state index is 0.314. The van der Waals surface area contributed by atoms with Gasteiger partial charge in [-0.05, 0) is 13.3 Å². The monoisotopic (exact) mass is 190 g/mol. The zero-order valence-electron chi connectivity index (χ0n) is 8.16. The number of carboxylic acids is 1. The number of hydrogen-bond acceptors (Lipinski definition) is 3. The van der Waals surface area contributed by atoms with Gasteiger partial charge in [-0.25, -0.2) is 4.79 Å². The Bertz CT molecular complexity index is 165. The number of carbonyl (C=O) groups is 1. The van der Waals surface area contributed by atoms with Crippen LogP contribution in [0.4, 0.5) is 0 Å². The lowest BCUT2D eigenvalue weighted by Gasteiger charge is -2.25. The largest absolute Gasteiger partial charge is 0.479 e. The zero-order valence-corrected chi connectivity index (χ0v) is 8.16. The number of aliphatic hydroxyl groups is 2. The van der Waals surface area contributed by atoms with Crippen LogP contribution in [0.1, 0.15) is 39.5 Å². The van der Waals surface area contributed by atoms with Crippen LogP contribution in [0.2, 0.25) is 0 Å². The fraction of sp³-hybridized carbons (Fsp3) is 0.889. The van der Waals surface area contributed by atoms with Crippen molar-refractivity contribution in [3.8, 4) is 0 Å². The molecule has 0 aliphatic rings. The molecule has 0 fully saturated rings. The van der Waals surface area contributed by atoms with E-state index in [1.807, 2.05) is 6.92 Å². The van der Waals surface area contributed by atoms with E-state index < -0.39 is 17.7 Å². The molecule has 0 saturated carbocycles. The Hall–Kier alpha value is -0.610. The van der Waals surface area contributed by atoms with Crippen LogP contribution in [0.3, 0.4) is 0 Å². The van der Waals surface area contributed by atoms with E-state index in [4.69, 9.17) is 10.2 Å². The summed E-state index contributed by atoms with van der Waals surface area (Å²) < 4.78 is 0. The van der Waals surface area contributed by atoms with Crippen LogP contribution in [0.15, 0.2) is 0 Å². The quantitative estimate of drug-likeness (QED) is 0.540. The van der Waals surface area contributed by atoms with Crippen molar-refractivity contribution in [2.24, 2.45) is 0 Å². The van der Waals surface area contributed by atoms with Crippen molar-refractivity contribution in [3.05, 3.63) is 0 Å². The summed E-state index contributed by atoms with van der Waals surface area (Å²) in [5.74, 6) is -1.37. The van der Waals surface area contributed by atoms with E-state index in [0.29, 0.717) is 6.42 Å². The molecular weight excluding hydrogens is 172 g/mol. The van der Waals surface area contributed by atoms with E-state index in [2.05, 4.69) is 0 Å². The summed E-state index contributed by atoms with van der Waals surface area (Å²) >= 11 is 0. The lowest BCUT2D eigenvalue weighted by Crippen LogP contribution is -2.44. The number of carboxylic acid groups (broad SMARTS) is 1. The lowest BCUT2D eigenvalue weighted by molar-refractivity contribution is -0.162. The molecule has 0 heterocycles. The summed E-state index contributed by atoms with van der Waals surface area (Å²) in [5, 5.41) is 27.1. The fourth-order valence-electron chi connectivity index (χ4n) is 1.14. The van der Waals surface area contributed by atoms with Gasteiger partial charge in [0, 0.05) is 0 Å². The fourth-order valence-corrected chi connectivity index (χ4v) is 1.14. The van der Waals surface area contributed by atoms with E-state index >= 15 is 0 Å². The predicted octanol–water partition coefficient (Wildman–Crippen LogP) is 0.763. The summed E-state index contributed by atoms with van der Waals surface area (Å²) in [4.78, 5) is 10.4. The first-order valence-electron chi connectivity index (χ1n) is 4.55. The third kappa shape index (κ3) is 4.24. The van der Waals surface area contributed by atoms with Crippen LogP contribution in [-0.4, -0.2) is 33.0 Å². The first kappa shape index (κ1) is 12.4. The Kier molecular flexibility index (Phi) is 4.95. The normalized spacial score (nSPS) is 17.8. The van der Waals surface area contributed by atoms with Crippen molar-refractivity contribution in [2.75, 3.05) is 0 Å². The number of hydrogen-bond donors (Lipinski definition) is 3. The molecule has 0 bridgehead atoms. The van der Waals surface area contributed by atoms with Crippen molar-refractivity contribution in [3.63, 3.8) is 0 Å². The number of rotatable bonds is 6. The Morgan fingerprint density at radius 3 is 2.38 bits per heavy atom. The Morgan fingerprint density at radius 1 is 1.46 bits per heavy atom. The first-order valence-corrected chi connectivity index (χ1v) is 4.55. The summed E-state index contributed by atoms with van der Waals surface area (Å²) in [5.41, 5.74) is -1.51. The molecule has 0 aromatic carbocycles. The molecule has 78 valence electrons. The highest BCUT2D eigenvalue weighted by atomic mass is 16.4. The van der Waals surface area contributed by atoms with E-state index in [9.17, 15) is 9.90 Å². The average Bonchev–Trinajstić information content (AvgIpc) is 2.03. The maximum atomic E-state index is 10.4. The molecule has 0 amide bonds. The Morgan fingerprint density at radius 2 is 2.00 bits per heavy atom. The smallest absolute Gasteiger partial charge is 0.335 e. The van der Waals surface area contributed by atoms with Crippen LogP contribution < -0.4 is 0 Å². The molecule has 0 aliphatic heterocycles. The molecular formula is C9H18O4. The standard InChI is InChI=1S/C9H18O4/c1-3-4-5-6-9(2,13)7(10)8(11)12/h7,10,13H,3-6H2,1-2H3,(H,11,12). The molecule has 0 aliphatic carbocycles. The van der Waals surface area contributed by atoms with Crippen molar-refractivity contribution in [1.82, 2.24) is 0 Å². The van der Waals surface area contributed by atoms with Gasteiger partial charge in [-0.1, -0.05) is 26.2 Å². The third-order valence-corrected chi connectivity index (χ3v) is 2.11. The SMILES string of the molecule is CCCCCC(C)(O)C(O)C(=O)O. The highest BCUT2D eigenvalue weighted by molar-refractivity contribution is 5.73. The van der Waals surface area contributed by atoms with Gasteiger partial charge < -0.3 is 15.3 Å². The van der Waals surface area contributed by atoms with Crippen molar-refractivity contribution >= 4 is 5.97 Å². The zero-order chi connectivity index (χ0) is 10.5. The van der Waals surface area contributed by atoms with Gasteiger partial charge in [0.15, 0.2) is 6.10 Å². The van der Waals surface area contributed by atoms with Gasteiger partial charge in [-0.2, -0.15) is 0 Å². The second kappa shape index (κ2) is 5.19. The van der Waals surface area contributed by atoms with Gasteiger partial charge in [0.2, 0.25) is 0 Å². The maximum absolute atomic E-state index is 10.4. The van der Waals surface area contributed by atoms with E-state index in [0.717, 1.165) is 19.3 Å². The average molecular weight is 190 g/mol. The van der Waals surface area contributed by atoms with Crippen molar-refractivity contribution < 1.29 is 20.1 Å². The van der Waals surface area contributed by atoms with Gasteiger partial charge in [0.05, 0.1) is 5.60 Å². The second-order valence-corrected chi connectivity index (χ2v) is 3.56. The van der Waals surface area contributed by atoms with Crippen LogP contribution in [0.5, 0.6) is 0 Å². The van der Waals surface area contributed by atoms with Crippen LogP contribution >= 0.6 is 0 Å². The molecule has 2 unspecified atom stereocenters. The highest BCUT2D eigenvalue weighted by Crippen LogP contribution is 2.18. The van der Waals surface area contributed by atoms with Crippen LogP contribution in [0.25, 0.3) is 0 Å². The van der Waals surface area contributed by atoms with E-state index in [1.54, 1.807) is 0 Å². The molecule has 0 spiro atoms. The molecule has 0 rings (SSSR count). The third-order valence-electron chi connectivity index (χ3n) is 2.11. The molecule has 13 heavy (non-hydrogen) atoms. The summed E-state index contributed by atoms with van der Waals surface area (Å²) in [6.45, 7) is 3.36. The second-order valence-electron chi connectivity index (χ2n) is 3.56. The van der Waals surface area contributed by atoms with Gasteiger partial charge in [-0.15, -0.1) is 0 Å². The predicted molar refractivity (Wildman–Crippen MR) is 48.4 cm³/mol. The van der Waals surface area contributed by atoms with Gasteiger partial charge in [-0.3, -0.25) is 0 Å². The molecule has 0 aromatic heterocycles. The number of aliphatic hydroxyl groups excluding tert-OH is 1. The minimum Gasteiger partial charge on any atom is -0.479 e. The maximum Gasteiger partial charge on any atom is 0.335 e. The van der Waals surface area contributed by atoms with Crippen molar-refractivity contribution in [1.29, 1.82) is 0 Å². The lowest BCUT2D eigenvalue weighted by atomic mass is 9.92. The van der Waals surface area contributed by atoms with Crippen LogP contribution in [0, 0.1) is 0 Å². The molecule has 4 heteroatoms. The number of aliphatic carboxylic acids is 1. The van der Waals surface area contributed by atoms with Crippen molar-refractivity contribution in [2.45, 2.75) is 51.2 Å².